The Labute approximate surface area is 165 Å². The minimum atomic E-state index is -0.335. The first-order valence-electron chi connectivity index (χ1n) is 9.55. The molecule has 1 fully saturated rings. The number of hydrogen-bond acceptors (Lipinski definition) is 4. The number of hydrogen-bond donors (Lipinski definition) is 1. The summed E-state index contributed by atoms with van der Waals surface area (Å²) in [6.45, 7) is 3.23. The summed E-state index contributed by atoms with van der Waals surface area (Å²) in [6.07, 6.45) is 1.09. The predicted octanol–water partition coefficient (Wildman–Crippen LogP) is 2.81. The molecule has 0 aromatic heterocycles. The van der Waals surface area contributed by atoms with Crippen LogP contribution in [0, 0.1) is 5.92 Å². The van der Waals surface area contributed by atoms with Crippen molar-refractivity contribution in [2.24, 2.45) is 5.92 Å². The molecule has 2 aromatic carbocycles. The number of carbonyl (C=O) groups is 2. The van der Waals surface area contributed by atoms with E-state index in [0.717, 1.165) is 23.4 Å². The SMILES string of the molecule is CCc1ccccc1N1CC(C(=O)NCCOc2ccc(OC)cc2)CC1=O. The number of nitrogens with zero attached hydrogens (tertiary/aromatic N) is 1. The van der Waals surface area contributed by atoms with E-state index in [4.69, 9.17) is 9.47 Å². The lowest BCUT2D eigenvalue weighted by molar-refractivity contribution is -0.126. The molecule has 0 spiro atoms. The van der Waals surface area contributed by atoms with Gasteiger partial charge in [0.1, 0.15) is 18.1 Å². The van der Waals surface area contributed by atoms with Crippen molar-refractivity contribution in [3.63, 3.8) is 0 Å². The van der Waals surface area contributed by atoms with Crippen LogP contribution in [-0.2, 0) is 16.0 Å². The Hall–Kier alpha value is -3.02. The van der Waals surface area contributed by atoms with Gasteiger partial charge < -0.3 is 19.7 Å². The Morgan fingerprint density at radius 2 is 1.86 bits per heavy atom. The number of amides is 2. The molecule has 6 nitrogen and oxygen atoms in total. The minimum absolute atomic E-state index is 0.00414. The highest BCUT2D eigenvalue weighted by molar-refractivity contribution is 6.00. The van der Waals surface area contributed by atoms with E-state index < -0.39 is 0 Å². The molecule has 0 radical (unpaired) electrons. The van der Waals surface area contributed by atoms with Gasteiger partial charge in [0, 0.05) is 18.7 Å². The van der Waals surface area contributed by atoms with Crippen molar-refractivity contribution >= 4 is 17.5 Å². The summed E-state index contributed by atoms with van der Waals surface area (Å²) in [5.74, 6) is 1.03. The second-order valence-electron chi connectivity index (χ2n) is 6.70. The molecule has 3 rings (SSSR count). The third-order valence-electron chi connectivity index (χ3n) is 4.89. The molecule has 0 aliphatic carbocycles. The van der Waals surface area contributed by atoms with Crippen molar-refractivity contribution in [1.82, 2.24) is 5.32 Å². The first-order chi connectivity index (χ1) is 13.6. The van der Waals surface area contributed by atoms with Crippen molar-refractivity contribution in [3.8, 4) is 11.5 Å². The fraction of sp³-hybridized carbons (Fsp3) is 0.364. The maximum atomic E-state index is 12.5. The maximum Gasteiger partial charge on any atom is 0.227 e. The Morgan fingerprint density at radius 1 is 1.14 bits per heavy atom. The smallest absolute Gasteiger partial charge is 0.227 e. The average Bonchev–Trinajstić information content (AvgIpc) is 3.13. The van der Waals surface area contributed by atoms with Gasteiger partial charge in [0.25, 0.3) is 0 Å². The van der Waals surface area contributed by atoms with Crippen LogP contribution in [0.2, 0.25) is 0 Å². The van der Waals surface area contributed by atoms with Crippen LogP contribution in [0.5, 0.6) is 11.5 Å². The molecule has 1 N–H and O–H groups in total. The first kappa shape index (κ1) is 19.7. The molecular weight excluding hydrogens is 356 g/mol. The normalized spacial score (nSPS) is 16.1. The van der Waals surface area contributed by atoms with E-state index in [9.17, 15) is 9.59 Å². The number of anilines is 1. The topological polar surface area (TPSA) is 67.9 Å². The first-order valence-corrected chi connectivity index (χ1v) is 9.55. The summed E-state index contributed by atoms with van der Waals surface area (Å²) in [5, 5.41) is 2.87. The summed E-state index contributed by atoms with van der Waals surface area (Å²) in [5.41, 5.74) is 2.03. The Morgan fingerprint density at radius 3 is 2.57 bits per heavy atom. The van der Waals surface area contributed by atoms with Crippen LogP contribution in [0.15, 0.2) is 48.5 Å². The Bertz CT molecular complexity index is 820. The summed E-state index contributed by atoms with van der Waals surface area (Å²) in [7, 11) is 1.61. The molecule has 1 atom stereocenters. The van der Waals surface area contributed by atoms with E-state index in [2.05, 4.69) is 12.2 Å². The van der Waals surface area contributed by atoms with Crippen LogP contribution >= 0.6 is 0 Å². The molecule has 148 valence electrons. The molecule has 1 aliphatic rings. The van der Waals surface area contributed by atoms with Crippen LogP contribution in [0.3, 0.4) is 0 Å². The number of aryl methyl sites for hydroxylation is 1. The highest BCUT2D eigenvalue weighted by Gasteiger charge is 2.35. The second kappa shape index (κ2) is 9.26. The lowest BCUT2D eigenvalue weighted by Gasteiger charge is -2.20. The highest BCUT2D eigenvalue weighted by Crippen LogP contribution is 2.28. The number of methoxy groups -OCH3 is 1. The van der Waals surface area contributed by atoms with Crippen LogP contribution in [0.4, 0.5) is 5.69 Å². The van der Waals surface area contributed by atoms with E-state index in [0.29, 0.717) is 25.4 Å². The zero-order chi connectivity index (χ0) is 19.9. The summed E-state index contributed by atoms with van der Waals surface area (Å²) in [4.78, 5) is 26.6. The van der Waals surface area contributed by atoms with Crippen LogP contribution in [0.25, 0.3) is 0 Å². The molecule has 2 aromatic rings. The zero-order valence-electron chi connectivity index (χ0n) is 16.3. The average molecular weight is 382 g/mol. The van der Waals surface area contributed by atoms with Crippen LogP contribution in [0.1, 0.15) is 18.9 Å². The highest BCUT2D eigenvalue weighted by atomic mass is 16.5. The molecule has 0 bridgehead atoms. The molecule has 0 saturated carbocycles. The standard InChI is InChI=1S/C22H26N2O4/c1-3-16-6-4-5-7-20(16)24-15-17(14-21(24)25)22(26)23-12-13-28-19-10-8-18(27-2)9-11-19/h4-11,17H,3,12-15H2,1-2H3,(H,23,26). The van der Waals surface area contributed by atoms with E-state index in [1.165, 1.54) is 0 Å². The summed E-state index contributed by atoms with van der Waals surface area (Å²) < 4.78 is 10.7. The van der Waals surface area contributed by atoms with Gasteiger partial charge >= 0.3 is 0 Å². The lowest BCUT2D eigenvalue weighted by atomic mass is 10.1. The molecule has 1 saturated heterocycles. The number of ether oxygens (including phenoxy) is 2. The second-order valence-corrected chi connectivity index (χ2v) is 6.70. The van der Waals surface area contributed by atoms with Gasteiger partial charge in [-0.25, -0.2) is 0 Å². The van der Waals surface area contributed by atoms with Gasteiger partial charge in [-0.1, -0.05) is 25.1 Å². The van der Waals surface area contributed by atoms with E-state index in [1.54, 1.807) is 12.0 Å². The fourth-order valence-corrected chi connectivity index (χ4v) is 3.35. The van der Waals surface area contributed by atoms with Crippen molar-refractivity contribution in [2.75, 3.05) is 31.7 Å². The van der Waals surface area contributed by atoms with Crippen molar-refractivity contribution in [1.29, 1.82) is 0 Å². The van der Waals surface area contributed by atoms with Gasteiger partial charge in [0.05, 0.1) is 19.6 Å². The molecule has 1 aliphatic heterocycles. The number of nitrogens with one attached hydrogen (secondary N) is 1. The van der Waals surface area contributed by atoms with E-state index in [-0.39, 0.29) is 24.2 Å². The predicted molar refractivity (Wildman–Crippen MR) is 108 cm³/mol. The van der Waals surface area contributed by atoms with Crippen LogP contribution in [-0.4, -0.2) is 38.6 Å². The van der Waals surface area contributed by atoms with Gasteiger partial charge in [0.15, 0.2) is 0 Å². The van der Waals surface area contributed by atoms with E-state index >= 15 is 0 Å². The van der Waals surface area contributed by atoms with Gasteiger partial charge in [-0.3, -0.25) is 9.59 Å². The summed E-state index contributed by atoms with van der Waals surface area (Å²) in [6, 6.07) is 15.1. The van der Waals surface area contributed by atoms with Gasteiger partial charge in [-0.2, -0.15) is 0 Å². The molecule has 1 unspecified atom stereocenters. The Kier molecular flexibility index (Phi) is 6.53. The Balaban J connectivity index is 1.48. The number of para-hydroxylation sites is 1. The molecule has 28 heavy (non-hydrogen) atoms. The van der Waals surface area contributed by atoms with Crippen molar-refractivity contribution in [2.45, 2.75) is 19.8 Å². The van der Waals surface area contributed by atoms with E-state index in [1.807, 2.05) is 48.5 Å². The maximum absolute atomic E-state index is 12.5. The number of rotatable bonds is 8. The van der Waals surface area contributed by atoms with Gasteiger partial charge in [-0.15, -0.1) is 0 Å². The zero-order valence-corrected chi connectivity index (χ0v) is 16.3. The minimum Gasteiger partial charge on any atom is -0.497 e. The van der Waals surface area contributed by atoms with Gasteiger partial charge in [0.2, 0.25) is 11.8 Å². The molecular formula is C22H26N2O4. The quantitative estimate of drug-likeness (QED) is 0.713. The monoisotopic (exact) mass is 382 g/mol. The largest absolute Gasteiger partial charge is 0.497 e. The molecule has 6 heteroatoms. The van der Waals surface area contributed by atoms with Crippen molar-refractivity contribution in [3.05, 3.63) is 54.1 Å². The number of benzene rings is 2. The molecule has 1 heterocycles. The van der Waals surface area contributed by atoms with Crippen molar-refractivity contribution < 1.29 is 19.1 Å². The summed E-state index contributed by atoms with van der Waals surface area (Å²) >= 11 is 0. The third kappa shape index (κ3) is 4.63. The third-order valence-corrected chi connectivity index (χ3v) is 4.89. The fourth-order valence-electron chi connectivity index (χ4n) is 3.35. The van der Waals surface area contributed by atoms with Gasteiger partial charge in [-0.05, 0) is 42.3 Å². The lowest BCUT2D eigenvalue weighted by Crippen LogP contribution is -2.35. The number of carbonyl (C=O) groups excluding carboxylic acids is 2. The van der Waals surface area contributed by atoms with Crippen LogP contribution < -0.4 is 19.7 Å². The molecule has 2 amide bonds.